The van der Waals surface area contributed by atoms with E-state index in [1.165, 1.54) is 0 Å². The van der Waals surface area contributed by atoms with E-state index in [0.29, 0.717) is 67.1 Å². The molecule has 0 radical (unpaired) electrons. The Morgan fingerprint density at radius 3 is 2.80 bits per heavy atom. The summed E-state index contributed by atoms with van der Waals surface area (Å²) < 4.78 is 7.17. The lowest BCUT2D eigenvalue weighted by molar-refractivity contribution is -0.138. The zero-order chi connectivity index (χ0) is 27.5. The summed E-state index contributed by atoms with van der Waals surface area (Å²) in [6.45, 7) is 2.29. The third kappa shape index (κ3) is 5.45. The number of anilines is 2. The van der Waals surface area contributed by atoms with E-state index in [2.05, 4.69) is 21.7 Å². The van der Waals surface area contributed by atoms with Crippen molar-refractivity contribution in [2.24, 2.45) is 0 Å². The van der Waals surface area contributed by atoms with Gasteiger partial charge in [-0.2, -0.15) is 5.26 Å². The Bertz CT molecular complexity index is 1580. The van der Waals surface area contributed by atoms with E-state index >= 15 is 0 Å². The van der Waals surface area contributed by atoms with Crippen LogP contribution in [0.25, 0.3) is 22.6 Å². The number of hydrogen-bond acceptors (Lipinski definition) is 10. The van der Waals surface area contributed by atoms with E-state index in [-0.39, 0.29) is 6.04 Å². The molecule has 12 nitrogen and oxygen atoms in total. The van der Waals surface area contributed by atoms with Gasteiger partial charge in [-0.15, -0.1) is 5.10 Å². The lowest BCUT2D eigenvalue weighted by atomic mass is 10.1. The van der Waals surface area contributed by atoms with Crippen LogP contribution in [0.5, 0.6) is 0 Å². The molecule has 2 atom stereocenters. The zero-order valence-electron chi connectivity index (χ0n) is 21.6. The summed E-state index contributed by atoms with van der Waals surface area (Å²) in [7, 11) is 0. The number of nitriles is 1. The highest BCUT2D eigenvalue weighted by Gasteiger charge is 2.31. The van der Waals surface area contributed by atoms with Gasteiger partial charge in [-0.1, -0.05) is 23.4 Å². The standard InChI is InChI=1S/C28H27N9O3/c29-14-18-4-1-5-19(12-18)22-13-23(33-28(32-22)31-21-9-11-40-17-21)24-16-36(35-34-24)15-20-6-2-8-26(30-20)37-10-3-7-25(37)27(38)39/h1-2,4-6,8,12-13,16,21,25H,3,7,9-11,15,17H2,(H,38,39)(H,31,32,33). The van der Waals surface area contributed by atoms with Crippen molar-refractivity contribution >= 4 is 17.7 Å². The van der Waals surface area contributed by atoms with Crippen LogP contribution in [0.1, 0.15) is 30.5 Å². The molecule has 6 rings (SSSR count). The predicted octanol–water partition coefficient (Wildman–Crippen LogP) is 2.97. The Morgan fingerprint density at radius 1 is 1.10 bits per heavy atom. The summed E-state index contributed by atoms with van der Waals surface area (Å²) >= 11 is 0. The Hall–Kier alpha value is -4.89. The minimum Gasteiger partial charge on any atom is -0.480 e. The normalized spacial score (nSPS) is 18.5. The molecule has 4 aromatic rings. The summed E-state index contributed by atoms with van der Waals surface area (Å²) in [6.07, 6.45) is 4.09. The highest BCUT2D eigenvalue weighted by atomic mass is 16.5. The van der Waals surface area contributed by atoms with Crippen LogP contribution in [-0.4, -0.2) is 72.9 Å². The zero-order valence-corrected chi connectivity index (χ0v) is 21.6. The number of aliphatic carboxylic acids is 1. The molecule has 0 bridgehead atoms. The van der Waals surface area contributed by atoms with E-state index in [1.807, 2.05) is 41.3 Å². The molecule has 0 aliphatic carbocycles. The first-order chi connectivity index (χ1) is 19.6. The second kappa shape index (κ2) is 11.1. The highest BCUT2D eigenvalue weighted by Crippen LogP contribution is 2.27. The number of nitrogens with one attached hydrogen (secondary N) is 1. The van der Waals surface area contributed by atoms with E-state index in [4.69, 9.17) is 19.7 Å². The van der Waals surface area contributed by atoms with Gasteiger partial charge in [-0.25, -0.2) is 24.4 Å². The number of carboxylic acids is 1. The molecule has 40 heavy (non-hydrogen) atoms. The SMILES string of the molecule is N#Cc1cccc(-c2cc(-c3cn(Cc4cccc(N5CCCC5C(=O)O)n4)nn3)nc(NC3CCOC3)n2)c1. The molecule has 1 aromatic carbocycles. The Morgan fingerprint density at radius 2 is 1.98 bits per heavy atom. The first kappa shape index (κ1) is 25.4. The molecule has 2 aliphatic heterocycles. The van der Waals surface area contributed by atoms with Crippen molar-refractivity contribution in [3.63, 3.8) is 0 Å². The van der Waals surface area contributed by atoms with E-state index in [9.17, 15) is 15.2 Å². The number of rotatable bonds is 8. The number of pyridine rings is 1. The van der Waals surface area contributed by atoms with Gasteiger partial charge in [0, 0.05) is 18.7 Å². The van der Waals surface area contributed by atoms with Crippen molar-refractivity contribution < 1.29 is 14.6 Å². The van der Waals surface area contributed by atoms with E-state index in [0.717, 1.165) is 24.1 Å². The lowest BCUT2D eigenvalue weighted by Gasteiger charge is -2.22. The van der Waals surface area contributed by atoms with Gasteiger partial charge in [0.25, 0.3) is 0 Å². The molecule has 3 aromatic heterocycles. The molecule has 2 fully saturated rings. The maximum atomic E-state index is 11.6. The van der Waals surface area contributed by atoms with Crippen molar-refractivity contribution in [3.05, 3.63) is 66.0 Å². The summed E-state index contributed by atoms with van der Waals surface area (Å²) in [5.74, 6) is 0.269. The number of hydrogen-bond donors (Lipinski definition) is 2. The number of benzene rings is 1. The molecule has 202 valence electrons. The van der Waals surface area contributed by atoms with Crippen LogP contribution in [0, 0.1) is 11.3 Å². The average Bonchev–Trinajstić information content (AvgIpc) is 3.76. The number of carboxylic acid groups (broad SMARTS) is 1. The number of aromatic nitrogens is 6. The molecule has 0 saturated carbocycles. The smallest absolute Gasteiger partial charge is 0.326 e. The van der Waals surface area contributed by atoms with Crippen LogP contribution in [0.15, 0.2) is 54.7 Å². The van der Waals surface area contributed by atoms with E-state index in [1.54, 1.807) is 23.0 Å². The first-order valence-corrected chi connectivity index (χ1v) is 13.2. The van der Waals surface area contributed by atoms with Gasteiger partial charge in [-0.3, -0.25) is 0 Å². The summed E-state index contributed by atoms with van der Waals surface area (Å²) in [5.41, 5.74) is 3.89. The number of ether oxygens (including phenoxy) is 1. The molecular formula is C28H27N9O3. The summed E-state index contributed by atoms with van der Waals surface area (Å²) in [6, 6.07) is 16.4. The fourth-order valence-electron chi connectivity index (χ4n) is 5.04. The molecule has 5 heterocycles. The molecule has 2 N–H and O–H groups in total. The van der Waals surface area contributed by atoms with Gasteiger partial charge >= 0.3 is 5.97 Å². The quantitative estimate of drug-likeness (QED) is 0.341. The predicted molar refractivity (Wildman–Crippen MR) is 145 cm³/mol. The Labute approximate surface area is 230 Å². The fraction of sp³-hybridized carbons (Fsp3) is 0.321. The van der Waals surface area contributed by atoms with Crippen molar-refractivity contribution in [3.8, 4) is 28.7 Å². The second-order valence-electron chi connectivity index (χ2n) is 9.84. The Balaban J connectivity index is 1.27. The minimum absolute atomic E-state index is 0.110. The third-order valence-corrected chi connectivity index (χ3v) is 7.03. The third-order valence-electron chi connectivity index (χ3n) is 7.03. The van der Waals surface area contributed by atoms with Gasteiger partial charge in [0.1, 0.15) is 17.6 Å². The van der Waals surface area contributed by atoms with E-state index < -0.39 is 12.0 Å². The average molecular weight is 538 g/mol. The van der Waals surface area contributed by atoms with Crippen molar-refractivity contribution in [2.45, 2.75) is 37.9 Å². The van der Waals surface area contributed by atoms with Crippen LogP contribution >= 0.6 is 0 Å². The molecule has 2 saturated heterocycles. The monoisotopic (exact) mass is 537 g/mol. The Kier molecular flexibility index (Phi) is 7.03. The molecular weight excluding hydrogens is 510 g/mol. The summed E-state index contributed by atoms with van der Waals surface area (Å²) in [5, 5.41) is 30.9. The molecule has 2 aliphatic rings. The highest BCUT2D eigenvalue weighted by molar-refractivity contribution is 5.78. The van der Waals surface area contributed by atoms with Crippen molar-refractivity contribution in [1.82, 2.24) is 29.9 Å². The van der Waals surface area contributed by atoms with Crippen LogP contribution < -0.4 is 10.2 Å². The maximum Gasteiger partial charge on any atom is 0.326 e. The maximum absolute atomic E-state index is 11.6. The van der Waals surface area contributed by atoms with Gasteiger partial charge in [0.15, 0.2) is 0 Å². The van der Waals surface area contributed by atoms with Crippen LogP contribution in [-0.2, 0) is 16.1 Å². The topological polar surface area (TPSA) is 155 Å². The molecule has 0 amide bonds. The summed E-state index contributed by atoms with van der Waals surface area (Å²) in [4.78, 5) is 27.6. The first-order valence-electron chi connectivity index (χ1n) is 13.2. The number of nitrogens with zero attached hydrogens (tertiary/aromatic N) is 8. The lowest BCUT2D eigenvalue weighted by Crippen LogP contribution is -2.36. The van der Waals surface area contributed by atoms with Crippen molar-refractivity contribution in [1.29, 1.82) is 5.26 Å². The largest absolute Gasteiger partial charge is 0.480 e. The minimum atomic E-state index is -0.830. The second-order valence-corrected chi connectivity index (χ2v) is 9.84. The van der Waals surface area contributed by atoms with Gasteiger partial charge in [0.05, 0.1) is 54.1 Å². The van der Waals surface area contributed by atoms with Crippen LogP contribution in [0.2, 0.25) is 0 Å². The molecule has 2 unspecified atom stereocenters. The van der Waals surface area contributed by atoms with Gasteiger partial charge in [0.2, 0.25) is 5.95 Å². The van der Waals surface area contributed by atoms with Gasteiger partial charge in [-0.05, 0) is 49.6 Å². The molecule has 12 heteroatoms. The van der Waals surface area contributed by atoms with Crippen molar-refractivity contribution in [2.75, 3.05) is 30.0 Å². The molecule has 0 spiro atoms. The van der Waals surface area contributed by atoms with Gasteiger partial charge < -0.3 is 20.1 Å². The fourth-order valence-corrected chi connectivity index (χ4v) is 5.04. The van der Waals surface area contributed by atoms with Crippen LogP contribution in [0.3, 0.4) is 0 Å². The number of carbonyl (C=O) groups is 1. The van der Waals surface area contributed by atoms with Crippen LogP contribution in [0.4, 0.5) is 11.8 Å².